The van der Waals surface area contributed by atoms with Gasteiger partial charge in [0.05, 0.1) is 5.69 Å². The smallest absolute Gasteiger partial charge is 0.132 e. The molecule has 0 fully saturated rings. The Bertz CT molecular complexity index is 352. The number of alkyl halides is 1. The highest BCUT2D eigenvalue weighted by molar-refractivity contribution is 9.08. The summed E-state index contributed by atoms with van der Waals surface area (Å²) in [6.45, 7) is 0.712. The number of halogens is 1. The number of rotatable bonds is 2. The third-order valence-electron chi connectivity index (χ3n) is 2.05. The summed E-state index contributed by atoms with van der Waals surface area (Å²) in [5, 5.41) is 12.5. The average Bonchev–Trinajstić information content (AvgIpc) is 2.65. The van der Waals surface area contributed by atoms with Gasteiger partial charge in [-0.3, -0.25) is 5.01 Å². The third-order valence-corrected chi connectivity index (χ3v) is 2.66. The topological polar surface area (TPSA) is 31.2 Å². The van der Waals surface area contributed by atoms with Gasteiger partial charge in [-0.05, 0) is 16.9 Å². The molecule has 0 N–H and O–H groups in total. The minimum absolute atomic E-state index is 0.712. The molecule has 0 unspecified atom stereocenters. The molecule has 0 amide bonds. The molecular weight excluding hydrogens is 244 g/mol. The predicted octanol–water partition coefficient (Wildman–Crippen LogP) is 2.57. The first-order valence-electron chi connectivity index (χ1n) is 4.35. The van der Waals surface area contributed by atoms with Crippen molar-refractivity contribution in [3.63, 3.8) is 0 Å². The first kappa shape index (κ1) is 9.45. The fraction of sp³-hybridized carbons (Fsp3) is 0.333. The second-order valence-corrected chi connectivity index (χ2v) is 3.70. The Morgan fingerprint density at radius 2 is 2.14 bits per heavy atom. The lowest BCUT2D eigenvalue weighted by Crippen LogP contribution is -2.22. The van der Waals surface area contributed by atoms with E-state index in [1.165, 1.54) is 5.56 Å². The molecule has 1 aliphatic heterocycles. The van der Waals surface area contributed by atoms with Crippen LogP contribution >= 0.6 is 15.9 Å². The van der Waals surface area contributed by atoms with Gasteiger partial charge in [-0.1, -0.05) is 39.4 Å². The molecule has 1 aliphatic rings. The summed E-state index contributed by atoms with van der Waals surface area (Å²) in [6, 6.07) is 8.17. The lowest BCUT2D eigenvalue weighted by molar-refractivity contribution is 0.390. The summed E-state index contributed by atoms with van der Waals surface area (Å²) in [5.74, 6) is 0. The molecule has 0 atom stereocenters. The second kappa shape index (κ2) is 3.96. The zero-order valence-electron chi connectivity index (χ0n) is 7.89. The van der Waals surface area contributed by atoms with E-state index in [9.17, 15) is 0 Å². The van der Waals surface area contributed by atoms with Gasteiger partial charge in [0.25, 0.3) is 0 Å². The third kappa shape index (κ3) is 1.72. The van der Waals surface area contributed by atoms with E-state index in [0.29, 0.717) is 6.67 Å². The Balaban J connectivity index is 2.28. The minimum Gasteiger partial charge on any atom is -0.258 e. The first-order chi connectivity index (χ1) is 6.81. The molecule has 0 radical (unpaired) electrons. The highest BCUT2D eigenvalue weighted by Crippen LogP contribution is 2.25. The lowest BCUT2D eigenvalue weighted by Gasteiger charge is -2.15. The Morgan fingerprint density at radius 3 is 2.79 bits per heavy atom. The van der Waals surface area contributed by atoms with Crippen molar-refractivity contribution < 1.29 is 0 Å². The van der Waals surface area contributed by atoms with E-state index in [-0.39, 0.29) is 0 Å². The summed E-state index contributed by atoms with van der Waals surface area (Å²) < 4.78 is 0. The van der Waals surface area contributed by atoms with Crippen molar-refractivity contribution in [1.29, 1.82) is 0 Å². The molecule has 1 heterocycles. The van der Waals surface area contributed by atoms with Crippen LogP contribution in [0.5, 0.6) is 0 Å². The zero-order chi connectivity index (χ0) is 9.97. The van der Waals surface area contributed by atoms with Gasteiger partial charge in [-0.25, -0.2) is 5.01 Å². The van der Waals surface area contributed by atoms with E-state index in [1.54, 1.807) is 5.01 Å². The Labute approximate surface area is 91.3 Å². The van der Waals surface area contributed by atoms with Crippen molar-refractivity contribution >= 4 is 21.6 Å². The maximum Gasteiger partial charge on any atom is 0.132 e. The number of nitrogens with zero attached hydrogens (tertiary/aromatic N) is 4. The van der Waals surface area contributed by atoms with Gasteiger partial charge in [0, 0.05) is 12.4 Å². The van der Waals surface area contributed by atoms with Crippen LogP contribution in [0.2, 0.25) is 0 Å². The minimum atomic E-state index is 0.712. The van der Waals surface area contributed by atoms with Crippen LogP contribution in [0.1, 0.15) is 5.56 Å². The fourth-order valence-electron chi connectivity index (χ4n) is 1.37. The molecule has 0 saturated carbocycles. The number of para-hydroxylation sites is 1. The molecule has 0 bridgehead atoms. The van der Waals surface area contributed by atoms with Gasteiger partial charge < -0.3 is 0 Å². The number of anilines is 1. The Kier molecular flexibility index (Phi) is 2.67. The number of hydrogen-bond acceptors (Lipinski definition) is 4. The maximum atomic E-state index is 4.06. The van der Waals surface area contributed by atoms with E-state index < -0.39 is 0 Å². The molecule has 2 rings (SSSR count). The van der Waals surface area contributed by atoms with Gasteiger partial charge in [0.1, 0.15) is 6.67 Å². The van der Waals surface area contributed by atoms with E-state index >= 15 is 0 Å². The van der Waals surface area contributed by atoms with Crippen LogP contribution in [0.25, 0.3) is 0 Å². The highest BCUT2D eigenvalue weighted by atomic mass is 79.9. The van der Waals surface area contributed by atoms with Crippen molar-refractivity contribution in [2.24, 2.45) is 10.4 Å². The molecule has 4 nitrogen and oxygen atoms in total. The van der Waals surface area contributed by atoms with Crippen LogP contribution in [0.15, 0.2) is 34.7 Å². The van der Waals surface area contributed by atoms with E-state index in [0.717, 1.165) is 11.0 Å². The Hall–Kier alpha value is -1.10. The summed E-state index contributed by atoms with van der Waals surface area (Å²) in [4.78, 5) is 0. The largest absolute Gasteiger partial charge is 0.258 e. The summed E-state index contributed by atoms with van der Waals surface area (Å²) in [6.07, 6.45) is 0. The standard InChI is InChI=1S/C9H11BrN4/c1-13-7-14(12-11-13)9-5-3-2-4-8(9)6-10/h2-5H,6-7H2,1H3. The SMILES string of the molecule is CN1CN(c2ccccc2CBr)N=N1. The molecule has 0 aromatic heterocycles. The summed E-state index contributed by atoms with van der Waals surface area (Å²) in [7, 11) is 1.90. The van der Waals surface area contributed by atoms with Crippen molar-refractivity contribution in [1.82, 2.24) is 5.01 Å². The predicted molar refractivity (Wildman–Crippen MR) is 59.0 cm³/mol. The van der Waals surface area contributed by atoms with Crippen LogP contribution in [-0.4, -0.2) is 18.7 Å². The van der Waals surface area contributed by atoms with E-state index in [1.807, 2.05) is 24.2 Å². The zero-order valence-corrected chi connectivity index (χ0v) is 9.48. The second-order valence-electron chi connectivity index (χ2n) is 3.14. The van der Waals surface area contributed by atoms with Gasteiger partial charge >= 0.3 is 0 Å². The molecule has 1 aromatic rings. The molecule has 0 spiro atoms. The highest BCUT2D eigenvalue weighted by Gasteiger charge is 2.15. The first-order valence-corrected chi connectivity index (χ1v) is 5.47. The average molecular weight is 255 g/mol. The van der Waals surface area contributed by atoms with Gasteiger partial charge in [0.15, 0.2) is 0 Å². The molecule has 74 valence electrons. The van der Waals surface area contributed by atoms with Crippen LogP contribution in [0.4, 0.5) is 5.69 Å². The Morgan fingerprint density at radius 1 is 1.36 bits per heavy atom. The summed E-state index contributed by atoms with van der Waals surface area (Å²) in [5.41, 5.74) is 2.33. The molecule has 14 heavy (non-hydrogen) atoms. The fourth-order valence-corrected chi connectivity index (χ4v) is 1.84. The van der Waals surface area contributed by atoms with Crippen molar-refractivity contribution in [3.05, 3.63) is 29.8 Å². The molecule has 0 aliphatic carbocycles. The normalized spacial score (nSPS) is 15.3. The molecule has 5 heteroatoms. The maximum absolute atomic E-state index is 4.06. The van der Waals surface area contributed by atoms with E-state index in [4.69, 9.17) is 0 Å². The van der Waals surface area contributed by atoms with Crippen LogP contribution in [-0.2, 0) is 5.33 Å². The van der Waals surface area contributed by atoms with Gasteiger partial charge in [0.2, 0.25) is 0 Å². The van der Waals surface area contributed by atoms with Gasteiger partial charge in [-0.2, -0.15) is 0 Å². The van der Waals surface area contributed by atoms with Gasteiger partial charge in [-0.15, -0.1) is 0 Å². The molecular formula is C9H11BrN4. The summed E-state index contributed by atoms with van der Waals surface area (Å²) >= 11 is 3.46. The van der Waals surface area contributed by atoms with Crippen LogP contribution in [0.3, 0.4) is 0 Å². The van der Waals surface area contributed by atoms with Crippen molar-refractivity contribution in [2.75, 3.05) is 18.7 Å². The molecule has 0 saturated heterocycles. The van der Waals surface area contributed by atoms with E-state index in [2.05, 4.69) is 38.5 Å². The van der Waals surface area contributed by atoms with Crippen LogP contribution < -0.4 is 5.01 Å². The lowest BCUT2D eigenvalue weighted by atomic mass is 10.2. The van der Waals surface area contributed by atoms with Crippen LogP contribution in [0, 0.1) is 0 Å². The quantitative estimate of drug-likeness (QED) is 0.760. The monoisotopic (exact) mass is 254 g/mol. The molecule has 1 aromatic carbocycles. The van der Waals surface area contributed by atoms with Crippen molar-refractivity contribution in [3.8, 4) is 0 Å². The van der Waals surface area contributed by atoms with Crippen molar-refractivity contribution in [2.45, 2.75) is 5.33 Å². The number of benzene rings is 1. The number of hydrogen-bond donors (Lipinski definition) is 0.